The summed E-state index contributed by atoms with van der Waals surface area (Å²) in [6.45, 7) is 0. The fourth-order valence-electron chi connectivity index (χ4n) is 2.95. The summed E-state index contributed by atoms with van der Waals surface area (Å²) in [5, 5.41) is 0. The Balaban J connectivity index is 8.70. The van der Waals surface area contributed by atoms with Crippen LogP contribution in [0.2, 0.25) is 5.85 Å². The molecule has 0 aromatic heterocycles. The monoisotopic (exact) mass is 840 g/mol. The molecule has 0 unspecified atom stereocenters. The molecule has 0 bridgehead atoms. The van der Waals surface area contributed by atoms with Crippen LogP contribution in [0.1, 0.15) is 0 Å². The van der Waals surface area contributed by atoms with Crippen molar-refractivity contribution in [1.29, 1.82) is 0 Å². The van der Waals surface area contributed by atoms with Gasteiger partial charge in [-0.25, -0.2) is 0 Å². The normalized spacial score (nSPS) is 16.9. The molecule has 0 nitrogen and oxygen atoms in total. The molecular weight excluding hydrogens is 839 g/mol. The van der Waals surface area contributed by atoms with E-state index in [9.17, 15) is 114 Å². The third-order valence-corrected chi connectivity index (χ3v) is 18.8. The summed E-state index contributed by atoms with van der Waals surface area (Å²) in [7, 11) is 0. The van der Waals surface area contributed by atoms with Gasteiger partial charge in [0.15, 0.2) is 0 Å². The van der Waals surface area contributed by atoms with Crippen LogP contribution in [0, 0.1) is 0 Å². The van der Waals surface area contributed by atoms with Crippen LogP contribution in [-0.2, 0) is 24.6 Å². The van der Waals surface area contributed by atoms with E-state index in [0.717, 1.165) is 0 Å². The van der Waals surface area contributed by atoms with E-state index in [1.165, 1.54) is 0 Å². The van der Waals surface area contributed by atoms with Crippen molar-refractivity contribution in [1.82, 2.24) is 0 Å². The van der Waals surface area contributed by atoms with Gasteiger partial charge >= 0.3 is 205 Å². The molecule has 0 N–H and O–H groups in total. The molecule has 0 radical (unpaired) electrons. The van der Waals surface area contributed by atoms with Crippen LogP contribution in [0.3, 0.4) is 0 Å². The molecule has 39 heavy (non-hydrogen) atoms. The Bertz CT molecular complexity index is 768. The zero-order valence-electron chi connectivity index (χ0n) is 16.5. The summed E-state index contributed by atoms with van der Waals surface area (Å²) in [5.74, 6) is -36.9. The van der Waals surface area contributed by atoms with Crippen molar-refractivity contribution in [2.45, 2.75) is 66.6 Å². The van der Waals surface area contributed by atoms with E-state index in [2.05, 4.69) is 0 Å². The molecule has 0 heterocycles. The molecule has 0 spiro atoms. The molecule has 0 aliphatic carbocycles. The minimum absolute atomic E-state index is 8.47. The summed E-state index contributed by atoms with van der Waals surface area (Å²) >= 11 is -10.1. The number of alkyl halides is 26. The zero-order chi connectivity index (χ0) is 32.7. The Morgan fingerprint density at radius 1 is 0.205 bits per heavy atom. The van der Waals surface area contributed by atoms with E-state index in [4.69, 9.17) is 0 Å². The van der Waals surface area contributed by atoms with E-state index in [1.807, 2.05) is 0 Å². The van der Waals surface area contributed by atoms with Gasteiger partial charge in [0, 0.05) is 0 Å². The third kappa shape index (κ3) is 5.06. The number of hydrogen-bond donors (Lipinski definition) is 0. The van der Waals surface area contributed by atoms with Crippen molar-refractivity contribution in [3.8, 4) is 0 Å². The van der Waals surface area contributed by atoms with Crippen LogP contribution >= 0.6 is 0 Å². The Labute approximate surface area is 206 Å². The first kappa shape index (κ1) is 38.1. The van der Waals surface area contributed by atoms with Crippen molar-refractivity contribution in [3.05, 3.63) is 0 Å². The molecule has 0 aliphatic rings. The topological polar surface area (TPSA) is 0 Å². The van der Waals surface area contributed by atoms with E-state index in [-0.39, 0.29) is 0 Å². The van der Waals surface area contributed by atoms with Crippen LogP contribution in [0.15, 0.2) is 0 Å². The van der Waals surface area contributed by atoms with Crippen molar-refractivity contribution in [2.24, 2.45) is 0 Å². The van der Waals surface area contributed by atoms with Gasteiger partial charge in [-0.15, -0.1) is 0 Å². The van der Waals surface area contributed by atoms with Crippen LogP contribution < -0.4 is 0 Å². The molecule has 0 saturated heterocycles. The molecule has 0 rings (SSSR count). The van der Waals surface area contributed by atoms with Gasteiger partial charge in [0.25, 0.3) is 0 Å². The maximum absolute atomic E-state index is 14.0. The summed E-state index contributed by atoms with van der Waals surface area (Å²) < 4.78 is 324. The summed E-state index contributed by atoms with van der Waals surface area (Å²) in [6.07, 6.45) is -53.1. The first-order valence-electron chi connectivity index (χ1n) is 8.12. The Kier molecular flexibility index (Phi) is 9.10. The average Bonchev–Trinajstić information content (AvgIpc) is 2.54. The van der Waals surface area contributed by atoms with E-state index in [0.29, 0.717) is 0 Å². The van der Waals surface area contributed by atoms with Gasteiger partial charge in [-0.3, -0.25) is 0 Å². The molecule has 27 heteroatoms. The maximum atomic E-state index is 14.0. The molecule has 0 aromatic rings. The quantitative estimate of drug-likeness (QED) is 0.185. The molecule has 232 valence electrons. The van der Waals surface area contributed by atoms with Crippen molar-refractivity contribution < 1.29 is 139 Å². The first-order chi connectivity index (χ1) is 16.2. The molecule has 0 fully saturated rings. The Morgan fingerprint density at radius 2 is 0.359 bits per heavy atom. The van der Waals surface area contributed by atoms with Crippen LogP contribution in [0.25, 0.3) is 0 Å². The fraction of sp³-hybridized carbons (Fsp3) is 1.00. The van der Waals surface area contributed by atoms with Gasteiger partial charge in [0.05, 0.1) is 0 Å². The van der Waals surface area contributed by atoms with Crippen molar-refractivity contribution in [3.63, 3.8) is 0 Å². The van der Waals surface area contributed by atoms with Gasteiger partial charge in [0.2, 0.25) is 0 Å². The molecular formula is C12F26Hg. The standard InChI is InChI=1S/2C6F13.Hg/c2*7-2(8,5(15,16)6(17,18)19)1(3(9,10)11)4(12,13)14;. The Morgan fingerprint density at radius 3 is 0.462 bits per heavy atom. The van der Waals surface area contributed by atoms with Gasteiger partial charge < -0.3 is 0 Å². The van der Waals surface area contributed by atoms with Gasteiger partial charge in [-0.2, -0.15) is 0 Å². The summed E-state index contributed by atoms with van der Waals surface area (Å²) in [6, 6.07) is 0. The predicted octanol–water partition coefficient (Wildman–Crippen LogP) is 9.30. The number of halogens is 26. The first-order valence-corrected chi connectivity index (χ1v) is 13.6. The second-order valence-electron chi connectivity index (χ2n) is 7.27. The third-order valence-electron chi connectivity index (χ3n) is 5.04. The number of rotatable bonds is 6. The average molecular weight is 839 g/mol. The van der Waals surface area contributed by atoms with Gasteiger partial charge in [0.1, 0.15) is 0 Å². The molecule has 0 saturated carbocycles. The molecule has 0 aliphatic heterocycles. The summed E-state index contributed by atoms with van der Waals surface area (Å²) in [4.78, 5) is 0. The second kappa shape index (κ2) is 9.31. The second-order valence-corrected chi connectivity index (χ2v) is 16.9. The molecule has 0 aromatic carbocycles. The van der Waals surface area contributed by atoms with Crippen molar-refractivity contribution >= 4 is 0 Å². The van der Waals surface area contributed by atoms with Gasteiger partial charge in [-0.05, 0) is 0 Å². The number of hydrogen-bond acceptors (Lipinski definition) is 0. The predicted molar refractivity (Wildman–Crippen MR) is 61.5 cm³/mol. The van der Waals surface area contributed by atoms with Crippen LogP contribution in [0.4, 0.5) is 114 Å². The van der Waals surface area contributed by atoms with E-state index >= 15 is 0 Å². The zero-order valence-corrected chi connectivity index (χ0v) is 22.0. The SMILES string of the molecule is FC(F)(F)C(F)(F)C(F)(F)[C]([Hg][C](C(F)(F)F)(C(F)(F)F)C(F)(F)C(F)(F)C(F)(F)F)(C(F)(F)F)C(F)(F)F. The van der Waals surface area contributed by atoms with Crippen LogP contribution in [-0.4, -0.2) is 60.7 Å². The van der Waals surface area contributed by atoms with Gasteiger partial charge in [-0.1, -0.05) is 0 Å². The summed E-state index contributed by atoms with van der Waals surface area (Å²) in [5.41, 5.74) is 0. The Hall–Kier alpha value is -0.885. The molecule has 0 amide bonds. The van der Waals surface area contributed by atoms with E-state index < -0.39 is 91.2 Å². The van der Waals surface area contributed by atoms with Crippen molar-refractivity contribution in [2.75, 3.05) is 0 Å². The van der Waals surface area contributed by atoms with Crippen LogP contribution in [0.5, 0.6) is 0 Å². The minimum atomic E-state index is -10.1. The van der Waals surface area contributed by atoms with E-state index in [1.54, 1.807) is 0 Å². The fourth-order valence-corrected chi connectivity index (χ4v) is 12.6. The molecule has 0 atom stereocenters.